The second-order valence-electron chi connectivity index (χ2n) is 7.45. The zero-order chi connectivity index (χ0) is 24.3. The summed E-state index contributed by atoms with van der Waals surface area (Å²) in [5.74, 6) is -1.39. The molecule has 1 aliphatic heterocycles. The lowest BCUT2D eigenvalue weighted by Gasteiger charge is -2.31. The first-order valence-electron chi connectivity index (χ1n) is 10.3. The zero-order valence-corrected chi connectivity index (χ0v) is 18.6. The van der Waals surface area contributed by atoms with Crippen LogP contribution in [0.4, 0.5) is 24.5 Å². The molecule has 1 unspecified atom stereocenters. The van der Waals surface area contributed by atoms with E-state index in [4.69, 9.17) is 0 Å². The summed E-state index contributed by atoms with van der Waals surface area (Å²) in [7, 11) is 0. The van der Waals surface area contributed by atoms with Crippen LogP contribution < -0.4 is 10.2 Å². The van der Waals surface area contributed by atoms with Crippen LogP contribution in [0.2, 0.25) is 0 Å². The number of aromatic nitrogens is 3. The van der Waals surface area contributed by atoms with Crippen molar-refractivity contribution in [2.45, 2.75) is 30.3 Å². The third-order valence-corrected chi connectivity index (χ3v) is 6.11. The molecule has 1 aromatic heterocycles. The molecule has 2 heterocycles. The highest BCUT2D eigenvalue weighted by Gasteiger charge is 2.49. The Morgan fingerprint density at radius 2 is 1.85 bits per heavy atom. The van der Waals surface area contributed by atoms with Gasteiger partial charge < -0.3 is 5.32 Å². The number of amides is 2. The van der Waals surface area contributed by atoms with Crippen molar-refractivity contribution >= 4 is 35.0 Å². The number of para-hydroxylation sites is 2. The number of thioether (sulfide) groups is 1. The first kappa shape index (κ1) is 23.6. The SMILES string of the molecule is C=CCn1c(SCC(=O)N2c3ccccc3NC(=O)CC2C(F)(F)F)nnc1-c1ccccc1. The summed E-state index contributed by atoms with van der Waals surface area (Å²) in [5.41, 5.74) is 0.954. The van der Waals surface area contributed by atoms with E-state index in [-0.39, 0.29) is 17.1 Å². The van der Waals surface area contributed by atoms with Crippen LogP contribution >= 0.6 is 11.8 Å². The molecule has 2 aromatic carbocycles. The fourth-order valence-electron chi connectivity index (χ4n) is 3.68. The number of carbonyl (C=O) groups excluding carboxylic acids is 2. The first-order chi connectivity index (χ1) is 16.3. The van der Waals surface area contributed by atoms with E-state index < -0.39 is 30.5 Å². The second-order valence-corrected chi connectivity index (χ2v) is 8.39. The summed E-state index contributed by atoms with van der Waals surface area (Å²) in [4.78, 5) is 26.0. The predicted molar refractivity (Wildman–Crippen MR) is 123 cm³/mol. The Labute approximate surface area is 197 Å². The van der Waals surface area contributed by atoms with E-state index in [2.05, 4.69) is 22.1 Å². The molecule has 1 aliphatic rings. The minimum atomic E-state index is -4.79. The Morgan fingerprint density at radius 3 is 2.56 bits per heavy atom. The van der Waals surface area contributed by atoms with E-state index in [9.17, 15) is 22.8 Å². The van der Waals surface area contributed by atoms with Gasteiger partial charge in [-0.05, 0) is 12.1 Å². The zero-order valence-electron chi connectivity index (χ0n) is 17.8. The van der Waals surface area contributed by atoms with Gasteiger partial charge in [0.2, 0.25) is 11.8 Å². The number of allylic oxidation sites excluding steroid dienone is 1. The average molecular weight is 488 g/mol. The minimum absolute atomic E-state index is 0.00110. The highest BCUT2D eigenvalue weighted by molar-refractivity contribution is 7.99. The number of hydrogen-bond acceptors (Lipinski definition) is 5. The summed E-state index contributed by atoms with van der Waals surface area (Å²) in [6, 6.07) is 12.9. The van der Waals surface area contributed by atoms with Crippen molar-refractivity contribution < 1.29 is 22.8 Å². The van der Waals surface area contributed by atoms with Crippen LogP contribution in [0.5, 0.6) is 0 Å². The molecule has 2 amide bonds. The van der Waals surface area contributed by atoms with Gasteiger partial charge in [0, 0.05) is 12.1 Å². The van der Waals surface area contributed by atoms with Gasteiger partial charge in [0.05, 0.1) is 23.5 Å². The van der Waals surface area contributed by atoms with Crippen molar-refractivity contribution in [2.24, 2.45) is 0 Å². The normalized spacial score (nSPS) is 15.9. The molecule has 0 aliphatic carbocycles. The van der Waals surface area contributed by atoms with Crippen molar-refractivity contribution in [1.82, 2.24) is 14.8 Å². The maximum Gasteiger partial charge on any atom is 0.409 e. The Balaban J connectivity index is 1.63. The van der Waals surface area contributed by atoms with Crippen LogP contribution in [-0.2, 0) is 16.1 Å². The van der Waals surface area contributed by atoms with E-state index in [1.807, 2.05) is 30.3 Å². The number of carbonyl (C=O) groups is 2. The largest absolute Gasteiger partial charge is 0.409 e. The monoisotopic (exact) mass is 487 g/mol. The van der Waals surface area contributed by atoms with Gasteiger partial charge in [-0.3, -0.25) is 19.1 Å². The number of alkyl halides is 3. The summed E-state index contributed by atoms with van der Waals surface area (Å²) in [6.45, 7) is 4.09. The number of benzene rings is 2. The molecule has 4 rings (SSSR count). The van der Waals surface area contributed by atoms with Gasteiger partial charge in [-0.25, -0.2) is 0 Å². The van der Waals surface area contributed by atoms with E-state index >= 15 is 0 Å². The molecule has 0 spiro atoms. The van der Waals surface area contributed by atoms with Crippen molar-refractivity contribution in [3.63, 3.8) is 0 Å². The fraction of sp³-hybridized carbons (Fsp3) is 0.217. The summed E-state index contributed by atoms with van der Waals surface area (Å²) >= 11 is 0.977. The summed E-state index contributed by atoms with van der Waals surface area (Å²) in [6.07, 6.45) is -4.04. The van der Waals surface area contributed by atoms with Gasteiger partial charge in [-0.2, -0.15) is 13.2 Å². The van der Waals surface area contributed by atoms with Crippen LogP contribution in [0.1, 0.15) is 6.42 Å². The number of rotatable bonds is 6. The van der Waals surface area contributed by atoms with E-state index in [1.165, 1.54) is 18.2 Å². The lowest BCUT2D eigenvalue weighted by molar-refractivity contribution is -0.157. The van der Waals surface area contributed by atoms with Gasteiger partial charge in [0.15, 0.2) is 11.0 Å². The molecule has 7 nitrogen and oxygen atoms in total. The minimum Gasteiger partial charge on any atom is -0.324 e. The van der Waals surface area contributed by atoms with Gasteiger partial charge in [0.1, 0.15) is 6.04 Å². The van der Waals surface area contributed by atoms with Gasteiger partial charge in [0.25, 0.3) is 0 Å². The Bertz CT molecular complexity index is 1210. The number of fused-ring (bicyclic) bond motifs is 1. The third kappa shape index (κ3) is 4.84. The Kier molecular flexibility index (Phi) is 6.73. The molecule has 176 valence electrons. The quantitative estimate of drug-likeness (QED) is 0.408. The molecular formula is C23H20F3N5O2S. The number of anilines is 2. The van der Waals surface area contributed by atoms with Gasteiger partial charge >= 0.3 is 6.18 Å². The molecule has 1 atom stereocenters. The smallest absolute Gasteiger partial charge is 0.324 e. The molecule has 0 radical (unpaired) electrons. The topological polar surface area (TPSA) is 80.1 Å². The van der Waals surface area contributed by atoms with Gasteiger partial charge in [-0.1, -0.05) is 60.3 Å². The Morgan fingerprint density at radius 1 is 1.15 bits per heavy atom. The van der Waals surface area contributed by atoms with E-state index in [0.29, 0.717) is 22.4 Å². The van der Waals surface area contributed by atoms with Crippen molar-refractivity contribution in [1.29, 1.82) is 0 Å². The fourth-order valence-corrected chi connectivity index (χ4v) is 4.49. The van der Waals surface area contributed by atoms with Crippen LogP contribution in [0, 0.1) is 0 Å². The third-order valence-electron chi connectivity index (χ3n) is 5.16. The van der Waals surface area contributed by atoms with Crippen LogP contribution in [0.15, 0.2) is 72.4 Å². The average Bonchev–Trinajstić information content (AvgIpc) is 3.13. The molecule has 34 heavy (non-hydrogen) atoms. The van der Waals surface area contributed by atoms with E-state index in [1.54, 1.807) is 16.7 Å². The molecule has 3 aromatic rings. The molecule has 1 N–H and O–H groups in total. The number of nitrogens with zero attached hydrogens (tertiary/aromatic N) is 4. The molecule has 0 saturated carbocycles. The van der Waals surface area contributed by atoms with Crippen LogP contribution in [0.3, 0.4) is 0 Å². The lowest BCUT2D eigenvalue weighted by Crippen LogP contribution is -2.50. The lowest BCUT2D eigenvalue weighted by atomic mass is 10.1. The Hall–Kier alpha value is -3.60. The molecule has 11 heteroatoms. The standard InChI is InChI=1S/C23H20F3N5O2S/c1-2-12-30-21(15-8-4-3-5-9-15)28-29-22(30)34-14-20(33)31-17-11-7-6-10-16(17)27-19(32)13-18(31)23(24,25)26/h2-11,18H,1,12-14H2,(H,27,32). The number of hydrogen-bond donors (Lipinski definition) is 1. The maximum atomic E-state index is 13.9. The van der Waals surface area contributed by atoms with Crippen molar-refractivity contribution in [2.75, 3.05) is 16.0 Å². The maximum absolute atomic E-state index is 13.9. The number of nitrogens with one attached hydrogen (secondary N) is 1. The molecule has 0 fully saturated rings. The molecule has 0 bridgehead atoms. The van der Waals surface area contributed by atoms with E-state index in [0.717, 1.165) is 17.3 Å². The first-order valence-corrected chi connectivity index (χ1v) is 11.3. The second kappa shape index (κ2) is 9.72. The number of halogens is 3. The molecule has 0 saturated heterocycles. The predicted octanol–water partition coefficient (Wildman–Crippen LogP) is 4.53. The highest BCUT2D eigenvalue weighted by atomic mass is 32.2. The molecular weight excluding hydrogens is 467 g/mol. The van der Waals surface area contributed by atoms with Crippen molar-refractivity contribution in [3.05, 3.63) is 67.3 Å². The summed E-state index contributed by atoms with van der Waals surface area (Å²) < 4.78 is 43.4. The highest BCUT2D eigenvalue weighted by Crippen LogP contribution is 2.38. The van der Waals surface area contributed by atoms with Crippen LogP contribution in [0.25, 0.3) is 11.4 Å². The van der Waals surface area contributed by atoms with Gasteiger partial charge in [-0.15, -0.1) is 16.8 Å². The summed E-state index contributed by atoms with van der Waals surface area (Å²) in [5, 5.41) is 11.2. The van der Waals surface area contributed by atoms with Crippen molar-refractivity contribution in [3.8, 4) is 11.4 Å². The van der Waals surface area contributed by atoms with Crippen LogP contribution in [-0.4, -0.2) is 44.5 Å².